The molecule has 0 aromatic heterocycles. The number of carbonyl (C=O) groups excluding carboxylic acids is 1. The van der Waals surface area contributed by atoms with Crippen LogP contribution < -0.4 is 4.90 Å². The number of carbonyl (C=O) groups is 1. The zero-order valence-corrected chi connectivity index (χ0v) is 20.9. The Labute approximate surface area is 200 Å². The molecule has 0 atom stereocenters. The lowest BCUT2D eigenvalue weighted by atomic mass is 9.72. The molecule has 0 unspecified atom stereocenters. The highest BCUT2D eigenvalue weighted by molar-refractivity contribution is 6.22. The molecule has 3 heteroatoms. The van der Waals surface area contributed by atoms with Gasteiger partial charge in [-0.25, -0.2) is 0 Å². The molecule has 1 heterocycles. The van der Waals surface area contributed by atoms with Gasteiger partial charge in [0.1, 0.15) is 0 Å². The molecule has 0 N–H and O–H groups in total. The summed E-state index contributed by atoms with van der Waals surface area (Å²) >= 11 is 0. The maximum Gasteiger partial charge on any atom is 0.174 e. The second-order valence-corrected chi connectivity index (χ2v) is 10.9. The van der Waals surface area contributed by atoms with E-state index in [1.165, 1.54) is 60.8 Å². The first kappa shape index (κ1) is 22.9. The summed E-state index contributed by atoms with van der Waals surface area (Å²) in [5.74, 6) is 1.34. The Morgan fingerprint density at radius 2 is 1.70 bits per heavy atom. The Kier molecular flexibility index (Phi) is 6.79. The van der Waals surface area contributed by atoms with Crippen LogP contribution in [-0.2, 0) is 5.41 Å². The van der Waals surface area contributed by atoms with Gasteiger partial charge in [0.05, 0.1) is 5.41 Å². The van der Waals surface area contributed by atoms with Crippen molar-refractivity contribution >= 4 is 22.2 Å². The Bertz CT molecular complexity index is 984. The van der Waals surface area contributed by atoms with Crippen LogP contribution in [0.3, 0.4) is 0 Å². The minimum absolute atomic E-state index is 0.301. The lowest BCUT2D eigenvalue weighted by molar-refractivity contribution is 0.0871. The third-order valence-corrected chi connectivity index (χ3v) is 8.80. The molecule has 1 aliphatic heterocycles. The van der Waals surface area contributed by atoms with Crippen molar-refractivity contribution in [2.75, 3.05) is 37.6 Å². The van der Waals surface area contributed by atoms with Gasteiger partial charge in [-0.05, 0) is 61.6 Å². The van der Waals surface area contributed by atoms with Crippen LogP contribution in [0.2, 0.25) is 0 Å². The fourth-order valence-corrected chi connectivity index (χ4v) is 6.65. The first-order valence-corrected chi connectivity index (χ1v) is 13.8. The van der Waals surface area contributed by atoms with Crippen molar-refractivity contribution in [1.29, 1.82) is 0 Å². The molecule has 2 fully saturated rings. The van der Waals surface area contributed by atoms with Gasteiger partial charge in [0.2, 0.25) is 0 Å². The maximum atomic E-state index is 13.9. The molecule has 5 rings (SSSR count). The summed E-state index contributed by atoms with van der Waals surface area (Å²) in [5.41, 5.74) is 3.35. The smallest absolute Gasteiger partial charge is 0.174 e. The molecule has 1 saturated carbocycles. The van der Waals surface area contributed by atoms with Gasteiger partial charge in [-0.1, -0.05) is 70.2 Å². The Hall–Kier alpha value is -1.87. The molecule has 178 valence electrons. The van der Waals surface area contributed by atoms with E-state index in [9.17, 15) is 4.79 Å². The topological polar surface area (TPSA) is 23.6 Å². The van der Waals surface area contributed by atoms with Crippen molar-refractivity contribution in [3.63, 3.8) is 0 Å². The third kappa shape index (κ3) is 4.11. The molecule has 2 aromatic rings. The first-order valence-electron chi connectivity index (χ1n) is 13.8. The fraction of sp³-hybridized carbons (Fsp3) is 0.633. The molecular weight excluding hydrogens is 404 g/mol. The van der Waals surface area contributed by atoms with Crippen molar-refractivity contribution in [2.45, 2.75) is 83.5 Å². The molecule has 0 amide bonds. The third-order valence-electron chi connectivity index (χ3n) is 8.80. The summed E-state index contributed by atoms with van der Waals surface area (Å²) < 4.78 is 0. The van der Waals surface area contributed by atoms with Gasteiger partial charge in [0.15, 0.2) is 5.78 Å². The average Bonchev–Trinajstić information content (AvgIpc) is 2.95. The SMILES string of the molecule is CCCCC1(CCCC)C(=O)c2cccc3c(N4CCCN(CC5CCC5)CC4)ccc1c23. The Morgan fingerprint density at radius 1 is 0.909 bits per heavy atom. The minimum atomic E-state index is -0.301. The van der Waals surface area contributed by atoms with E-state index in [0.29, 0.717) is 5.78 Å². The lowest BCUT2D eigenvalue weighted by Gasteiger charge is -2.32. The summed E-state index contributed by atoms with van der Waals surface area (Å²) in [4.78, 5) is 19.2. The van der Waals surface area contributed by atoms with Crippen LogP contribution in [0.25, 0.3) is 10.8 Å². The normalized spacial score (nSPS) is 20.9. The molecule has 1 saturated heterocycles. The van der Waals surface area contributed by atoms with Crippen molar-refractivity contribution in [3.05, 3.63) is 41.5 Å². The van der Waals surface area contributed by atoms with Crippen LogP contribution in [0.4, 0.5) is 5.69 Å². The molecular formula is C30H42N2O. The largest absolute Gasteiger partial charge is 0.370 e. The molecule has 0 radical (unpaired) electrons. The van der Waals surface area contributed by atoms with Crippen LogP contribution in [-0.4, -0.2) is 43.4 Å². The lowest BCUT2D eigenvalue weighted by Crippen LogP contribution is -2.35. The number of unbranched alkanes of at least 4 members (excludes halogenated alkanes) is 2. The highest BCUT2D eigenvalue weighted by Crippen LogP contribution is 2.50. The van der Waals surface area contributed by atoms with E-state index >= 15 is 0 Å². The van der Waals surface area contributed by atoms with E-state index in [-0.39, 0.29) is 5.41 Å². The summed E-state index contributed by atoms with van der Waals surface area (Å²) in [5, 5.41) is 2.57. The van der Waals surface area contributed by atoms with Crippen LogP contribution in [0.1, 0.15) is 94.0 Å². The number of benzene rings is 2. The minimum Gasteiger partial charge on any atom is -0.370 e. The number of anilines is 1. The van der Waals surface area contributed by atoms with Gasteiger partial charge in [0.25, 0.3) is 0 Å². The van der Waals surface area contributed by atoms with E-state index in [1.54, 1.807) is 0 Å². The second-order valence-electron chi connectivity index (χ2n) is 10.9. The monoisotopic (exact) mass is 446 g/mol. The highest BCUT2D eigenvalue weighted by Gasteiger charge is 2.46. The summed E-state index contributed by atoms with van der Waals surface area (Å²) in [6.45, 7) is 10.4. The number of Topliss-reactive ketones (excluding diaryl/α,β-unsaturated/α-hetero) is 1. The quantitative estimate of drug-likeness (QED) is 0.416. The van der Waals surface area contributed by atoms with Gasteiger partial charge in [-0.3, -0.25) is 4.79 Å². The fourth-order valence-electron chi connectivity index (χ4n) is 6.65. The average molecular weight is 447 g/mol. The zero-order valence-electron chi connectivity index (χ0n) is 20.9. The second kappa shape index (κ2) is 9.78. The van der Waals surface area contributed by atoms with Crippen molar-refractivity contribution in [1.82, 2.24) is 4.90 Å². The van der Waals surface area contributed by atoms with E-state index in [2.05, 4.69) is 54.0 Å². The predicted octanol–water partition coefficient (Wildman–Crippen LogP) is 6.97. The van der Waals surface area contributed by atoms with Crippen molar-refractivity contribution in [3.8, 4) is 0 Å². The molecule has 3 nitrogen and oxygen atoms in total. The number of nitrogens with zero attached hydrogens (tertiary/aromatic N) is 2. The van der Waals surface area contributed by atoms with Gasteiger partial charge in [-0.15, -0.1) is 0 Å². The van der Waals surface area contributed by atoms with E-state index < -0.39 is 0 Å². The predicted molar refractivity (Wildman–Crippen MR) is 140 cm³/mol. The summed E-state index contributed by atoms with van der Waals surface area (Å²) in [6, 6.07) is 11.2. The number of rotatable bonds is 9. The number of hydrogen-bond acceptors (Lipinski definition) is 3. The number of hydrogen-bond donors (Lipinski definition) is 0. The molecule has 0 bridgehead atoms. The van der Waals surface area contributed by atoms with Crippen LogP contribution in [0.5, 0.6) is 0 Å². The van der Waals surface area contributed by atoms with E-state index in [1.807, 2.05) is 0 Å². The maximum absolute atomic E-state index is 13.9. The van der Waals surface area contributed by atoms with E-state index in [0.717, 1.165) is 69.6 Å². The Morgan fingerprint density at radius 3 is 2.39 bits per heavy atom. The van der Waals surface area contributed by atoms with Gasteiger partial charge in [-0.2, -0.15) is 0 Å². The first-order chi connectivity index (χ1) is 16.2. The van der Waals surface area contributed by atoms with Crippen LogP contribution in [0.15, 0.2) is 30.3 Å². The zero-order chi connectivity index (χ0) is 22.8. The van der Waals surface area contributed by atoms with Crippen molar-refractivity contribution in [2.24, 2.45) is 5.92 Å². The molecule has 2 aliphatic carbocycles. The Balaban J connectivity index is 1.47. The van der Waals surface area contributed by atoms with Crippen LogP contribution in [0, 0.1) is 5.92 Å². The summed E-state index contributed by atoms with van der Waals surface area (Å²) in [7, 11) is 0. The van der Waals surface area contributed by atoms with Gasteiger partial charge >= 0.3 is 0 Å². The molecule has 33 heavy (non-hydrogen) atoms. The van der Waals surface area contributed by atoms with Gasteiger partial charge < -0.3 is 9.80 Å². The summed E-state index contributed by atoms with van der Waals surface area (Å²) in [6.07, 6.45) is 12.0. The van der Waals surface area contributed by atoms with Crippen molar-refractivity contribution < 1.29 is 4.79 Å². The van der Waals surface area contributed by atoms with Crippen LogP contribution >= 0.6 is 0 Å². The number of ketones is 1. The molecule has 2 aromatic carbocycles. The van der Waals surface area contributed by atoms with Gasteiger partial charge in [0, 0.05) is 42.8 Å². The molecule has 3 aliphatic rings. The van der Waals surface area contributed by atoms with E-state index in [4.69, 9.17) is 0 Å². The molecule has 0 spiro atoms. The highest BCUT2D eigenvalue weighted by atomic mass is 16.1. The standard InChI is InChI=1S/C30H42N2O/c1-3-5-16-30(17-6-4-2)26-14-15-27(24-12-8-13-25(28(24)26)29(30)33)32-19-9-18-31(20-21-32)22-23-10-7-11-23/h8,12-15,23H,3-7,9-11,16-22H2,1-2H3.